The quantitative estimate of drug-likeness (QED) is 0.850. The monoisotopic (exact) mass is 353 g/mol. The summed E-state index contributed by atoms with van der Waals surface area (Å²) >= 11 is 1.56. The highest BCUT2D eigenvalue weighted by atomic mass is 32.1. The molecule has 0 aliphatic carbocycles. The predicted molar refractivity (Wildman–Crippen MR) is 94.5 cm³/mol. The molecule has 6 nitrogen and oxygen atoms in total. The number of carboxylic acid groups (broad SMARTS) is 1. The molecule has 24 heavy (non-hydrogen) atoms. The van der Waals surface area contributed by atoms with Crippen molar-refractivity contribution in [1.82, 2.24) is 14.8 Å². The first kappa shape index (κ1) is 18.9. The van der Waals surface area contributed by atoms with Crippen molar-refractivity contribution in [2.75, 3.05) is 26.7 Å². The molecule has 0 bridgehead atoms. The van der Waals surface area contributed by atoms with Crippen molar-refractivity contribution >= 4 is 23.2 Å². The van der Waals surface area contributed by atoms with Gasteiger partial charge in [-0.05, 0) is 32.2 Å². The number of aromatic nitrogens is 1. The number of carbonyl (C=O) groups excluding carboxylic acids is 1. The number of rotatable bonds is 6. The number of likely N-dealkylation sites (tertiary alicyclic amines) is 1. The molecule has 134 valence electrons. The fraction of sp³-hybridized carbons (Fsp3) is 0.706. The second kappa shape index (κ2) is 8.58. The second-order valence-electron chi connectivity index (χ2n) is 6.91. The Hall–Kier alpha value is -1.47. The zero-order chi connectivity index (χ0) is 17.7. The molecule has 0 spiro atoms. The number of aliphatic carboxylic acids is 1. The number of carboxylic acids is 1. The Bertz CT molecular complexity index is 573. The Balaban J connectivity index is 1.94. The van der Waals surface area contributed by atoms with Crippen LogP contribution in [-0.4, -0.2) is 64.5 Å². The minimum absolute atomic E-state index is 0.00259. The Morgan fingerprint density at radius 2 is 2.17 bits per heavy atom. The molecule has 1 aliphatic heterocycles. The van der Waals surface area contributed by atoms with E-state index >= 15 is 0 Å². The lowest BCUT2D eigenvalue weighted by atomic mass is 10.1. The van der Waals surface area contributed by atoms with E-state index in [9.17, 15) is 9.59 Å². The molecule has 0 saturated carbocycles. The molecule has 1 N–H and O–H groups in total. The van der Waals surface area contributed by atoms with Gasteiger partial charge in [-0.15, -0.1) is 11.3 Å². The van der Waals surface area contributed by atoms with Crippen molar-refractivity contribution in [2.45, 2.75) is 45.6 Å². The molecule has 1 aromatic rings. The van der Waals surface area contributed by atoms with Gasteiger partial charge in [0.2, 0.25) is 0 Å². The number of hydrogen-bond acceptors (Lipinski definition) is 5. The van der Waals surface area contributed by atoms with E-state index in [0.717, 1.165) is 30.7 Å². The van der Waals surface area contributed by atoms with Crippen LogP contribution in [0.2, 0.25) is 0 Å². The first-order chi connectivity index (χ1) is 11.4. The summed E-state index contributed by atoms with van der Waals surface area (Å²) in [4.78, 5) is 31.8. The van der Waals surface area contributed by atoms with Crippen LogP contribution in [0.25, 0.3) is 0 Å². The zero-order valence-corrected chi connectivity index (χ0v) is 15.5. The molecular weight excluding hydrogens is 326 g/mol. The summed E-state index contributed by atoms with van der Waals surface area (Å²) in [6.07, 6.45) is 3.52. The normalized spacial score (nSPS) is 18.9. The Morgan fingerprint density at radius 1 is 1.42 bits per heavy atom. The van der Waals surface area contributed by atoms with Crippen molar-refractivity contribution in [2.24, 2.45) is 5.92 Å². The number of amides is 1. The van der Waals surface area contributed by atoms with Crippen LogP contribution in [0.1, 0.15) is 48.6 Å². The SMILES string of the molecule is CC(C)Cc1nc(C(=O)N2CCCC(N(C)CC(=O)O)CC2)cs1. The van der Waals surface area contributed by atoms with E-state index in [1.807, 2.05) is 22.2 Å². The summed E-state index contributed by atoms with van der Waals surface area (Å²) < 4.78 is 0. The minimum Gasteiger partial charge on any atom is -0.480 e. The van der Waals surface area contributed by atoms with Crippen molar-refractivity contribution in [3.8, 4) is 0 Å². The lowest BCUT2D eigenvalue weighted by Gasteiger charge is -2.25. The maximum absolute atomic E-state index is 12.7. The Labute approximate surface area is 147 Å². The van der Waals surface area contributed by atoms with Gasteiger partial charge < -0.3 is 10.0 Å². The van der Waals surface area contributed by atoms with Crippen molar-refractivity contribution in [1.29, 1.82) is 0 Å². The molecule has 1 saturated heterocycles. The number of nitrogens with zero attached hydrogens (tertiary/aromatic N) is 3. The second-order valence-corrected chi connectivity index (χ2v) is 7.85. The summed E-state index contributed by atoms with van der Waals surface area (Å²) in [5, 5.41) is 11.8. The molecule has 1 aliphatic rings. The summed E-state index contributed by atoms with van der Waals surface area (Å²) in [7, 11) is 1.84. The van der Waals surface area contributed by atoms with E-state index in [-0.39, 0.29) is 18.5 Å². The standard InChI is InChI=1S/C17H27N3O3S/c1-12(2)9-15-18-14(11-24-15)17(23)20-7-4-5-13(6-8-20)19(3)10-16(21)22/h11-13H,4-10H2,1-3H3,(H,21,22). The lowest BCUT2D eigenvalue weighted by Crippen LogP contribution is -2.37. The van der Waals surface area contributed by atoms with Gasteiger partial charge in [-0.1, -0.05) is 13.8 Å². The molecule has 1 atom stereocenters. The van der Waals surface area contributed by atoms with Crippen LogP contribution in [0.15, 0.2) is 5.38 Å². The third-order valence-electron chi connectivity index (χ3n) is 4.35. The van der Waals surface area contributed by atoms with Crippen molar-refractivity contribution < 1.29 is 14.7 Å². The van der Waals surface area contributed by atoms with Crippen LogP contribution >= 0.6 is 11.3 Å². The average molecular weight is 353 g/mol. The Morgan fingerprint density at radius 3 is 2.83 bits per heavy atom. The van der Waals surface area contributed by atoms with Gasteiger partial charge in [0.1, 0.15) is 5.69 Å². The largest absolute Gasteiger partial charge is 0.480 e. The summed E-state index contributed by atoms with van der Waals surface area (Å²) in [5.74, 6) is -0.277. The maximum atomic E-state index is 12.7. The van der Waals surface area contributed by atoms with Gasteiger partial charge in [0, 0.05) is 30.9 Å². The summed E-state index contributed by atoms with van der Waals surface area (Å²) in [5.41, 5.74) is 0.549. The van der Waals surface area contributed by atoms with Gasteiger partial charge in [0.25, 0.3) is 5.91 Å². The molecule has 2 rings (SSSR count). The van der Waals surface area contributed by atoms with E-state index in [4.69, 9.17) is 5.11 Å². The van der Waals surface area contributed by atoms with E-state index in [2.05, 4.69) is 18.8 Å². The number of carbonyl (C=O) groups is 2. The van der Waals surface area contributed by atoms with Gasteiger partial charge in [-0.25, -0.2) is 4.98 Å². The number of hydrogen-bond donors (Lipinski definition) is 1. The van der Waals surface area contributed by atoms with Crippen LogP contribution in [0.4, 0.5) is 0 Å². The minimum atomic E-state index is -0.810. The van der Waals surface area contributed by atoms with E-state index in [0.29, 0.717) is 24.7 Å². The highest BCUT2D eigenvalue weighted by molar-refractivity contribution is 7.09. The van der Waals surface area contributed by atoms with Gasteiger partial charge in [0.05, 0.1) is 11.6 Å². The fourth-order valence-corrected chi connectivity index (χ4v) is 4.06. The molecule has 2 heterocycles. The van der Waals surface area contributed by atoms with E-state index < -0.39 is 5.97 Å². The first-order valence-electron chi connectivity index (χ1n) is 8.52. The molecule has 1 fully saturated rings. The van der Waals surface area contributed by atoms with Crippen LogP contribution in [-0.2, 0) is 11.2 Å². The maximum Gasteiger partial charge on any atom is 0.317 e. The van der Waals surface area contributed by atoms with Crippen molar-refractivity contribution in [3.63, 3.8) is 0 Å². The topological polar surface area (TPSA) is 73.7 Å². The summed E-state index contributed by atoms with van der Waals surface area (Å²) in [6, 6.07) is 0.214. The third-order valence-corrected chi connectivity index (χ3v) is 5.22. The highest BCUT2D eigenvalue weighted by Crippen LogP contribution is 2.19. The molecule has 0 radical (unpaired) electrons. The smallest absolute Gasteiger partial charge is 0.317 e. The van der Waals surface area contributed by atoms with Gasteiger partial charge in [0.15, 0.2) is 0 Å². The molecule has 1 unspecified atom stereocenters. The average Bonchev–Trinajstić information content (AvgIpc) is 2.80. The van der Waals surface area contributed by atoms with Crippen LogP contribution in [0, 0.1) is 5.92 Å². The molecule has 7 heteroatoms. The number of thiazole rings is 1. The van der Waals surface area contributed by atoms with Crippen LogP contribution < -0.4 is 0 Å². The predicted octanol–water partition coefficient (Wildman–Crippen LogP) is 2.35. The van der Waals surface area contributed by atoms with Crippen LogP contribution in [0.3, 0.4) is 0 Å². The first-order valence-corrected chi connectivity index (χ1v) is 9.40. The molecule has 0 aromatic carbocycles. The number of likely N-dealkylation sites (N-methyl/N-ethyl adjacent to an activating group) is 1. The van der Waals surface area contributed by atoms with Gasteiger partial charge in [-0.2, -0.15) is 0 Å². The van der Waals surface area contributed by atoms with Crippen molar-refractivity contribution in [3.05, 3.63) is 16.1 Å². The Kier molecular flexibility index (Phi) is 6.74. The van der Waals surface area contributed by atoms with Crippen LogP contribution in [0.5, 0.6) is 0 Å². The highest BCUT2D eigenvalue weighted by Gasteiger charge is 2.25. The lowest BCUT2D eigenvalue weighted by molar-refractivity contribution is -0.138. The van der Waals surface area contributed by atoms with E-state index in [1.165, 1.54) is 0 Å². The molecular formula is C17H27N3O3S. The fourth-order valence-electron chi connectivity index (χ4n) is 3.08. The van der Waals surface area contributed by atoms with Gasteiger partial charge in [-0.3, -0.25) is 14.5 Å². The zero-order valence-electron chi connectivity index (χ0n) is 14.7. The molecule has 1 aromatic heterocycles. The summed E-state index contributed by atoms with van der Waals surface area (Å²) in [6.45, 7) is 5.71. The van der Waals surface area contributed by atoms with E-state index in [1.54, 1.807) is 11.3 Å². The third kappa shape index (κ3) is 5.27. The molecule has 1 amide bonds. The van der Waals surface area contributed by atoms with Gasteiger partial charge >= 0.3 is 5.97 Å².